The molecule has 34 heavy (non-hydrogen) atoms. The number of benzene rings is 1. The highest BCUT2D eigenvalue weighted by atomic mass is 35.5. The molecular formula is C24H28ClN3O6. The Morgan fingerprint density at radius 2 is 1.74 bits per heavy atom. The van der Waals surface area contributed by atoms with Gasteiger partial charge in [0.15, 0.2) is 11.5 Å². The fraction of sp³-hybridized carbons (Fsp3) is 0.542. The Hall–Kier alpha value is -2.94. The molecular weight excluding hydrogens is 462 g/mol. The van der Waals surface area contributed by atoms with Crippen molar-refractivity contribution in [3.8, 4) is 17.2 Å². The summed E-state index contributed by atoms with van der Waals surface area (Å²) >= 11 is 6.55. The van der Waals surface area contributed by atoms with Gasteiger partial charge in [-0.1, -0.05) is 11.6 Å². The van der Waals surface area contributed by atoms with Gasteiger partial charge >= 0.3 is 5.97 Å². The molecule has 4 bridgehead atoms. The van der Waals surface area contributed by atoms with E-state index in [-0.39, 0.29) is 10.9 Å². The van der Waals surface area contributed by atoms with Gasteiger partial charge in [0.25, 0.3) is 5.56 Å². The summed E-state index contributed by atoms with van der Waals surface area (Å²) < 4.78 is 17.5. The fourth-order valence-electron chi connectivity index (χ4n) is 6.88. The Morgan fingerprint density at radius 1 is 1.12 bits per heavy atom. The van der Waals surface area contributed by atoms with Crippen LogP contribution in [0.5, 0.6) is 17.2 Å². The van der Waals surface area contributed by atoms with Crippen molar-refractivity contribution in [1.82, 2.24) is 9.78 Å². The second kappa shape index (κ2) is 8.37. The summed E-state index contributed by atoms with van der Waals surface area (Å²) in [7, 11) is 4.55. The van der Waals surface area contributed by atoms with Crippen LogP contribution in [0.4, 0.5) is 11.4 Å². The monoisotopic (exact) mass is 489 g/mol. The van der Waals surface area contributed by atoms with Crippen LogP contribution < -0.4 is 25.1 Å². The van der Waals surface area contributed by atoms with Gasteiger partial charge in [0, 0.05) is 17.8 Å². The van der Waals surface area contributed by atoms with Crippen LogP contribution in [0.1, 0.15) is 32.1 Å². The van der Waals surface area contributed by atoms with Gasteiger partial charge < -0.3 is 24.6 Å². The van der Waals surface area contributed by atoms with Gasteiger partial charge in [-0.25, -0.2) is 4.68 Å². The van der Waals surface area contributed by atoms with E-state index in [0.29, 0.717) is 53.3 Å². The first kappa shape index (κ1) is 22.8. The van der Waals surface area contributed by atoms with Crippen LogP contribution in [0.25, 0.3) is 0 Å². The zero-order valence-corrected chi connectivity index (χ0v) is 20.1. The van der Waals surface area contributed by atoms with E-state index in [1.165, 1.54) is 32.2 Å². The smallest absolute Gasteiger partial charge is 0.309 e. The first-order valence-corrected chi connectivity index (χ1v) is 11.8. The highest BCUT2D eigenvalue weighted by molar-refractivity contribution is 6.33. The van der Waals surface area contributed by atoms with Crippen LogP contribution in [0.2, 0.25) is 5.02 Å². The number of halogens is 1. The standard InChI is InChI=1S/C24H28ClN3O6/c1-32-17-7-15(8-18(33-2)21(17)34-3)27-16-11-26-28(22(29)20(16)25)24-9-12-4-13(10-24)6-14(5-12)19(24)23(30)31/h7-8,11-14,19,27H,4-6,9-10H2,1-3H3,(H,30,31)/t12-,13+,14?,19-,24?/m1/s1. The number of carbonyl (C=O) groups is 1. The first-order valence-electron chi connectivity index (χ1n) is 11.4. The van der Waals surface area contributed by atoms with Crippen molar-refractivity contribution in [2.45, 2.75) is 37.6 Å². The molecule has 182 valence electrons. The summed E-state index contributed by atoms with van der Waals surface area (Å²) in [5.41, 5.74) is -0.429. The molecule has 4 fully saturated rings. The molecule has 0 spiro atoms. The van der Waals surface area contributed by atoms with Crippen molar-refractivity contribution < 1.29 is 24.1 Å². The van der Waals surface area contributed by atoms with E-state index in [1.807, 2.05) is 0 Å². The maximum Gasteiger partial charge on any atom is 0.309 e. The Balaban J connectivity index is 1.53. The molecule has 4 aliphatic rings. The van der Waals surface area contributed by atoms with E-state index < -0.39 is 23.0 Å². The molecule has 2 unspecified atom stereocenters. The number of hydrogen-bond acceptors (Lipinski definition) is 7. The van der Waals surface area contributed by atoms with E-state index in [0.717, 1.165) is 19.3 Å². The average molecular weight is 490 g/mol. The van der Waals surface area contributed by atoms with Crippen LogP contribution in [0.3, 0.4) is 0 Å². The summed E-state index contributed by atoms with van der Waals surface area (Å²) in [6, 6.07) is 3.39. The molecule has 9 nitrogen and oxygen atoms in total. The number of aliphatic carboxylic acids is 1. The summed E-state index contributed by atoms with van der Waals surface area (Å²) in [6.07, 6.45) is 5.73. The third kappa shape index (κ3) is 3.40. The largest absolute Gasteiger partial charge is 0.493 e. The number of carboxylic acid groups (broad SMARTS) is 1. The van der Waals surface area contributed by atoms with Crippen LogP contribution in [-0.2, 0) is 10.3 Å². The van der Waals surface area contributed by atoms with E-state index >= 15 is 0 Å². The summed E-state index contributed by atoms with van der Waals surface area (Å²) in [5, 5.41) is 17.7. The maximum atomic E-state index is 13.5. The van der Waals surface area contributed by atoms with Gasteiger partial charge in [-0.2, -0.15) is 5.10 Å². The van der Waals surface area contributed by atoms with Crippen molar-refractivity contribution in [3.63, 3.8) is 0 Å². The van der Waals surface area contributed by atoms with Crippen molar-refractivity contribution in [3.05, 3.63) is 33.7 Å². The predicted molar refractivity (Wildman–Crippen MR) is 126 cm³/mol. The highest BCUT2D eigenvalue weighted by Crippen LogP contribution is 2.61. The lowest BCUT2D eigenvalue weighted by Crippen LogP contribution is -2.63. The highest BCUT2D eigenvalue weighted by Gasteiger charge is 2.61. The van der Waals surface area contributed by atoms with E-state index in [2.05, 4.69) is 10.4 Å². The molecule has 1 aromatic carbocycles. The van der Waals surface area contributed by atoms with Crippen molar-refractivity contribution >= 4 is 28.9 Å². The quantitative estimate of drug-likeness (QED) is 0.602. The number of hydrogen-bond donors (Lipinski definition) is 2. The van der Waals surface area contributed by atoms with Gasteiger partial charge in [-0.15, -0.1) is 0 Å². The van der Waals surface area contributed by atoms with Crippen LogP contribution in [0, 0.1) is 23.7 Å². The summed E-state index contributed by atoms with van der Waals surface area (Å²) in [6.45, 7) is 0. The lowest BCUT2D eigenvalue weighted by atomic mass is 9.48. The fourth-order valence-corrected chi connectivity index (χ4v) is 7.06. The number of nitrogens with one attached hydrogen (secondary N) is 1. The van der Waals surface area contributed by atoms with Gasteiger partial charge in [0.05, 0.1) is 44.7 Å². The van der Waals surface area contributed by atoms with E-state index in [4.69, 9.17) is 25.8 Å². The van der Waals surface area contributed by atoms with Gasteiger partial charge in [-0.3, -0.25) is 9.59 Å². The van der Waals surface area contributed by atoms with E-state index in [9.17, 15) is 14.7 Å². The number of carboxylic acids is 1. The molecule has 6 rings (SSSR count). The third-order valence-corrected chi connectivity index (χ3v) is 8.19. The van der Waals surface area contributed by atoms with Gasteiger partial charge in [0.1, 0.15) is 5.02 Å². The van der Waals surface area contributed by atoms with E-state index in [1.54, 1.807) is 12.1 Å². The van der Waals surface area contributed by atoms with Crippen LogP contribution >= 0.6 is 11.6 Å². The third-order valence-electron chi connectivity index (χ3n) is 7.82. The molecule has 1 aromatic heterocycles. The molecule has 0 aliphatic heterocycles. The van der Waals surface area contributed by atoms with Crippen molar-refractivity contribution in [1.29, 1.82) is 0 Å². The normalized spacial score (nSPS) is 29.1. The van der Waals surface area contributed by atoms with Crippen molar-refractivity contribution in [2.75, 3.05) is 26.6 Å². The minimum atomic E-state index is -0.853. The number of methoxy groups -OCH3 is 3. The Bertz CT molecular complexity index is 1160. The number of nitrogens with zero attached hydrogens (tertiary/aromatic N) is 2. The molecule has 2 N–H and O–H groups in total. The molecule has 4 saturated carbocycles. The zero-order valence-electron chi connectivity index (χ0n) is 19.3. The Kier molecular flexibility index (Phi) is 5.62. The Morgan fingerprint density at radius 3 is 2.26 bits per heavy atom. The molecule has 5 atom stereocenters. The summed E-state index contributed by atoms with van der Waals surface area (Å²) in [4.78, 5) is 25.8. The van der Waals surface area contributed by atoms with Crippen LogP contribution in [0.15, 0.2) is 23.1 Å². The molecule has 4 aliphatic carbocycles. The SMILES string of the molecule is COc1cc(Nc2cnn(C34C[C@@H]5CC(C[C@@H](C5)C3)[C@@H]4C(=O)O)c(=O)c2Cl)cc(OC)c1OC. The summed E-state index contributed by atoms with van der Waals surface area (Å²) in [5.74, 6) is 0.781. The minimum Gasteiger partial charge on any atom is -0.493 e. The Labute approximate surface area is 202 Å². The number of aromatic nitrogens is 2. The second-order valence-electron chi connectivity index (χ2n) is 9.66. The molecule has 0 saturated heterocycles. The first-order chi connectivity index (χ1) is 16.3. The lowest BCUT2D eigenvalue weighted by molar-refractivity contribution is -0.168. The second-order valence-corrected chi connectivity index (χ2v) is 10.0. The minimum absolute atomic E-state index is 0.0383. The molecule has 1 heterocycles. The topological polar surface area (TPSA) is 112 Å². The average Bonchev–Trinajstić information content (AvgIpc) is 2.80. The lowest BCUT2D eigenvalue weighted by Gasteiger charge is -2.59. The van der Waals surface area contributed by atoms with Gasteiger partial charge in [0.2, 0.25) is 5.75 Å². The number of ether oxygens (including phenoxy) is 3. The van der Waals surface area contributed by atoms with Crippen molar-refractivity contribution in [2.24, 2.45) is 23.7 Å². The zero-order chi connectivity index (χ0) is 24.2. The molecule has 10 heteroatoms. The number of rotatable bonds is 7. The molecule has 2 aromatic rings. The van der Waals surface area contributed by atoms with Crippen LogP contribution in [-0.4, -0.2) is 42.2 Å². The van der Waals surface area contributed by atoms with Gasteiger partial charge in [-0.05, 0) is 49.9 Å². The molecule has 0 radical (unpaired) electrons. The maximum absolute atomic E-state index is 13.5. The number of anilines is 2. The predicted octanol–water partition coefficient (Wildman–Crippen LogP) is 3.90. The molecule has 0 amide bonds.